The lowest BCUT2D eigenvalue weighted by Crippen LogP contribution is -2.46. The highest BCUT2D eigenvalue weighted by Crippen LogP contribution is 2.33. The zero-order valence-electron chi connectivity index (χ0n) is 13.1. The fourth-order valence-electron chi connectivity index (χ4n) is 2.53. The lowest BCUT2D eigenvalue weighted by molar-refractivity contribution is -0.148. The molecule has 0 saturated heterocycles. The van der Waals surface area contributed by atoms with Crippen LogP contribution in [0.15, 0.2) is 12.1 Å². The lowest BCUT2D eigenvalue weighted by Gasteiger charge is -2.25. The maximum Gasteiger partial charge on any atom is 0.329 e. The van der Waals surface area contributed by atoms with E-state index in [4.69, 9.17) is 27.9 Å². The molecule has 0 aliphatic carbocycles. The minimum Gasteiger partial charge on any atom is -0.464 e. The maximum atomic E-state index is 12.6. The molecule has 2 amide bonds. The Kier molecular flexibility index (Phi) is 5.32. The smallest absolute Gasteiger partial charge is 0.329 e. The van der Waals surface area contributed by atoms with Gasteiger partial charge < -0.3 is 4.74 Å². The van der Waals surface area contributed by atoms with Gasteiger partial charge in [-0.25, -0.2) is 4.79 Å². The normalized spacial score (nSPS) is 15.1. The van der Waals surface area contributed by atoms with Crippen molar-refractivity contribution in [2.75, 3.05) is 6.61 Å². The standard InChI is InChI=1S/C16H17Cl2NO4/c1-4-23-16(22)13(5-8(2)3)19-14(20)9-6-11(17)12(18)7-10(9)15(19)21/h6-8,13H,4-5H2,1-3H3. The minimum atomic E-state index is -0.958. The Morgan fingerprint density at radius 3 is 2.00 bits per heavy atom. The predicted molar refractivity (Wildman–Crippen MR) is 86.8 cm³/mol. The number of nitrogens with zero attached hydrogens (tertiary/aromatic N) is 1. The van der Waals surface area contributed by atoms with E-state index in [1.54, 1.807) is 6.92 Å². The Balaban J connectivity index is 2.43. The van der Waals surface area contributed by atoms with Gasteiger partial charge in [0.1, 0.15) is 6.04 Å². The number of rotatable bonds is 5. The molecule has 124 valence electrons. The summed E-state index contributed by atoms with van der Waals surface area (Å²) in [6.45, 7) is 5.65. The van der Waals surface area contributed by atoms with Crippen molar-refractivity contribution in [1.29, 1.82) is 0 Å². The second-order valence-corrected chi connectivity index (χ2v) is 6.50. The van der Waals surface area contributed by atoms with E-state index in [2.05, 4.69) is 0 Å². The van der Waals surface area contributed by atoms with Crippen molar-refractivity contribution in [2.24, 2.45) is 5.92 Å². The topological polar surface area (TPSA) is 63.7 Å². The average molecular weight is 358 g/mol. The number of hydrogen-bond acceptors (Lipinski definition) is 4. The van der Waals surface area contributed by atoms with Crippen LogP contribution in [0.1, 0.15) is 47.9 Å². The number of fused-ring (bicyclic) bond motifs is 1. The minimum absolute atomic E-state index is 0.0981. The summed E-state index contributed by atoms with van der Waals surface area (Å²) < 4.78 is 5.02. The Morgan fingerprint density at radius 1 is 1.13 bits per heavy atom. The number of carbonyl (C=O) groups excluding carboxylic acids is 3. The van der Waals surface area contributed by atoms with E-state index < -0.39 is 23.8 Å². The molecule has 0 saturated carbocycles. The summed E-state index contributed by atoms with van der Waals surface area (Å²) in [5.41, 5.74) is 0.310. The summed E-state index contributed by atoms with van der Waals surface area (Å²) >= 11 is 11.8. The first-order valence-corrected chi connectivity index (χ1v) is 8.07. The Hall–Kier alpha value is -1.59. The van der Waals surface area contributed by atoms with Crippen molar-refractivity contribution in [1.82, 2.24) is 4.90 Å². The monoisotopic (exact) mass is 357 g/mol. The highest BCUT2D eigenvalue weighted by Gasteiger charge is 2.44. The number of imide groups is 1. The number of carbonyl (C=O) groups is 3. The third kappa shape index (κ3) is 3.35. The van der Waals surface area contributed by atoms with Crippen molar-refractivity contribution in [2.45, 2.75) is 33.2 Å². The van der Waals surface area contributed by atoms with Gasteiger partial charge in [0.25, 0.3) is 11.8 Å². The predicted octanol–water partition coefficient (Wildman–Crippen LogP) is 3.57. The van der Waals surface area contributed by atoms with Crippen LogP contribution in [-0.2, 0) is 9.53 Å². The molecule has 1 unspecified atom stereocenters. The van der Waals surface area contributed by atoms with E-state index in [0.29, 0.717) is 6.42 Å². The SMILES string of the molecule is CCOC(=O)C(CC(C)C)N1C(=O)c2cc(Cl)c(Cl)cc2C1=O. The van der Waals surface area contributed by atoms with Crippen LogP contribution in [0.4, 0.5) is 0 Å². The molecule has 0 radical (unpaired) electrons. The lowest BCUT2D eigenvalue weighted by atomic mass is 10.0. The van der Waals surface area contributed by atoms with Gasteiger partial charge in [-0.15, -0.1) is 0 Å². The van der Waals surface area contributed by atoms with Gasteiger partial charge in [-0.2, -0.15) is 0 Å². The maximum absolute atomic E-state index is 12.6. The number of halogens is 2. The molecule has 1 aromatic rings. The average Bonchev–Trinajstić information content (AvgIpc) is 2.69. The molecule has 0 N–H and O–H groups in total. The first-order valence-electron chi connectivity index (χ1n) is 7.31. The van der Waals surface area contributed by atoms with Crippen LogP contribution >= 0.6 is 23.2 Å². The summed E-state index contributed by atoms with van der Waals surface area (Å²) in [6, 6.07) is 1.76. The van der Waals surface area contributed by atoms with Gasteiger partial charge in [-0.05, 0) is 31.4 Å². The van der Waals surface area contributed by atoms with Crippen molar-refractivity contribution < 1.29 is 19.1 Å². The zero-order chi connectivity index (χ0) is 17.3. The molecule has 0 fully saturated rings. The van der Waals surface area contributed by atoms with Crippen molar-refractivity contribution >= 4 is 41.0 Å². The highest BCUT2D eigenvalue weighted by molar-refractivity contribution is 6.43. The summed E-state index contributed by atoms with van der Waals surface area (Å²) in [5, 5.41) is 0.370. The van der Waals surface area contributed by atoms with Gasteiger partial charge in [-0.1, -0.05) is 37.0 Å². The van der Waals surface area contributed by atoms with E-state index in [1.165, 1.54) is 12.1 Å². The molecule has 7 heteroatoms. The third-order valence-electron chi connectivity index (χ3n) is 3.52. The molecule has 1 heterocycles. The van der Waals surface area contributed by atoms with E-state index in [9.17, 15) is 14.4 Å². The van der Waals surface area contributed by atoms with Crippen molar-refractivity contribution in [3.05, 3.63) is 33.3 Å². The molecule has 0 spiro atoms. The molecular formula is C16H17Cl2NO4. The third-order valence-corrected chi connectivity index (χ3v) is 4.25. The van der Waals surface area contributed by atoms with E-state index in [-0.39, 0.29) is 33.7 Å². The van der Waals surface area contributed by atoms with Crippen LogP contribution < -0.4 is 0 Å². The van der Waals surface area contributed by atoms with Gasteiger partial charge in [-0.3, -0.25) is 14.5 Å². The van der Waals surface area contributed by atoms with Crippen molar-refractivity contribution in [3.8, 4) is 0 Å². The Morgan fingerprint density at radius 2 is 1.61 bits per heavy atom. The molecule has 1 atom stereocenters. The molecule has 2 rings (SSSR count). The number of esters is 1. The molecule has 23 heavy (non-hydrogen) atoms. The van der Waals surface area contributed by atoms with Crippen LogP contribution in [0.5, 0.6) is 0 Å². The Labute approximate surface area is 144 Å². The highest BCUT2D eigenvalue weighted by atomic mass is 35.5. The summed E-state index contributed by atoms with van der Waals surface area (Å²) in [6.07, 6.45) is 0.325. The van der Waals surface area contributed by atoms with E-state index >= 15 is 0 Å². The van der Waals surface area contributed by atoms with Crippen LogP contribution in [-0.4, -0.2) is 35.3 Å². The number of benzene rings is 1. The first kappa shape index (κ1) is 17.8. The van der Waals surface area contributed by atoms with Crippen LogP contribution in [0, 0.1) is 5.92 Å². The first-order chi connectivity index (χ1) is 10.8. The summed E-state index contributed by atoms with van der Waals surface area (Å²) in [4.78, 5) is 38.4. The fourth-order valence-corrected chi connectivity index (χ4v) is 2.85. The van der Waals surface area contributed by atoms with Crippen LogP contribution in [0.25, 0.3) is 0 Å². The van der Waals surface area contributed by atoms with Gasteiger partial charge >= 0.3 is 5.97 Å². The van der Waals surface area contributed by atoms with Gasteiger partial charge in [0.15, 0.2) is 0 Å². The zero-order valence-corrected chi connectivity index (χ0v) is 14.6. The summed E-state index contributed by atoms with van der Waals surface area (Å²) in [7, 11) is 0. The fraction of sp³-hybridized carbons (Fsp3) is 0.438. The summed E-state index contributed by atoms with van der Waals surface area (Å²) in [5.74, 6) is -1.60. The number of amides is 2. The van der Waals surface area contributed by atoms with E-state index in [0.717, 1.165) is 4.90 Å². The largest absolute Gasteiger partial charge is 0.464 e. The second kappa shape index (κ2) is 6.89. The van der Waals surface area contributed by atoms with Crippen LogP contribution in [0.3, 0.4) is 0 Å². The van der Waals surface area contributed by atoms with Crippen molar-refractivity contribution in [3.63, 3.8) is 0 Å². The molecule has 1 aliphatic rings. The molecular weight excluding hydrogens is 341 g/mol. The van der Waals surface area contributed by atoms with Gasteiger partial charge in [0.05, 0.1) is 27.8 Å². The Bertz CT molecular complexity index is 631. The second-order valence-electron chi connectivity index (χ2n) is 5.69. The van der Waals surface area contributed by atoms with E-state index in [1.807, 2.05) is 13.8 Å². The number of ether oxygens (including phenoxy) is 1. The molecule has 1 aliphatic heterocycles. The molecule has 1 aromatic carbocycles. The van der Waals surface area contributed by atoms with Crippen LogP contribution in [0.2, 0.25) is 10.0 Å². The molecule has 0 aromatic heterocycles. The quantitative estimate of drug-likeness (QED) is 0.596. The molecule has 0 bridgehead atoms. The van der Waals surface area contributed by atoms with Gasteiger partial charge in [0, 0.05) is 0 Å². The number of hydrogen-bond donors (Lipinski definition) is 0. The van der Waals surface area contributed by atoms with Gasteiger partial charge in [0.2, 0.25) is 0 Å². The molecule has 5 nitrogen and oxygen atoms in total.